The minimum Gasteiger partial charge on any atom is -0.367 e. The van der Waals surface area contributed by atoms with Crippen molar-refractivity contribution in [3.63, 3.8) is 0 Å². The first-order chi connectivity index (χ1) is 12.3. The van der Waals surface area contributed by atoms with Crippen LogP contribution in [0.25, 0.3) is 10.9 Å². The number of aryl methyl sites for hydroxylation is 2. The molecule has 2 heterocycles. The van der Waals surface area contributed by atoms with Gasteiger partial charge in [-0.2, -0.15) is 0 Å². The zero-order valence-corrected chi connectivity index (χ0v) is 15.2. The van der Waals surface area contributed by atoms with Crippen molar-refractivity contribution < 1.29 is 14.0 Å². The van der Waals surface area contributed by atoms with Crippen LogP contribution >= 0.6 is 0 Å². The van der Waals surface area contributed by atoms with Gasteiger partial charge < -0.3 is 20.5 Å². The Morgan fingerprint density at radius 2 is 2.15 bits per heavy atom. The van der Waals surface area contributed by atoms with Crippen LogP contribution in [0.3, 0.4) is 0 Å². The molecule has 0 bridgehead atoms. The molecule has 2 aromatic rings. The number of benzene rings is 1. The van der Waals surface area contributed by atoms with Crippen LogP contribution in [-0.2, 0) is 4.79 Å². The van der Waals surface area contributed by atoms with Crippen molar-refractivity contribution in [2.45, 2.75) is 26.3 Å². The van der Waals surface area contributed by atoms with Crippen molar-refractivity contribution in [3.8, 4) is 0 Å². The minimum atomic E-state index is -0.673. The number of likely N-dealkylation sites (tertiary alicyclic amines) is 1. The molecule has 0 aliphatic carbocycles. The second kappa shape index (κ2) is 6.48. The third kappa shape index (κ3) is 2.73. The molecule has 1 unspecified atom stereocenters. The van der Waals surface area contributed by atoms with E-state index in [1.165, 1.54) is 12.1 Å². The predicted octanol–water partition coefficient (Wildman–Crippen LogP) is 2.25. The number of nitrogens with zero attached hydrogens (tertiary/aromatic N) is 2. The van der Waals surface area contributed by atoms with Crippen LogP contribution in [-0.4, -0.2) is 47.9 Å². The Balaban J connectivity index is 2.09. The van der Waals surface area contributed by atoms with E-state index in [0.717, 1.165) is 17.7 Å². The largest absolute Gasteiger partial charge is 0.367 e. The zero-order valence-electron chi connectivity index (χ0n) is 15.2. The van der Waals surface area contributed by atoms with Crippen LogP contribution in [0, 0.1) is 19.7 Å². The molecule has 0 spiro atoms. The van der Waals surface area contributed by atoms with E-state index in [1.54, 1.807) is 4.90 Å². The number of hydrogen-bond acceptors (Lipinski definition) is 3. The third-order valence-corrected chi connectivity index (χ3v) is 5.32. The molecule has 1 aromatic heterocycles. The van der Waals surface area contributed by atoms with Crippen LogP contribution in [0.2, 0.25) is 0 Å². The van der Waals surface area contributed by atoms with Crippen molar-refractivity contribution in [3.05, 3.63) is 41.4 Å². The van der Waals surface area contributed by atoms with Gasteiger partial charge >= 0.3 is 0 Å². The van der Waals surface area contributed by atoms with E-state index in [1.807, 2.05) is 25.8 Å². The van der Waals surface area contributed by atoms with Gasteiger partial charge in [0.15, 0.2) is 0 Å². The third-order valence-electron chi connectivity index (χ3n) is 5.32. The Kier molecular flexibility index (Phi) is 4.48. The maximum absolute atomic E-state index is 15.0. The molecule has 2 amide bonds. The Hall–Kier alpha value is -2.83. The molecule has 1 aliphatic heterocycles. The summed E-state index contributed by atoms with van der Waals surface area (Å²) in [6.07, 6.45) is 2.03. The Morgan fingerprint density at radius 1 is 1.46 bits per heavy atom. The van der Waals surface area contributed by atoms with Gasteiger partial charge in [-0.15, -0.1) is 0 Å². The molecule has 3 rings (SSSR count). The monoisotopic (exact) mass is 358 g/mol. The van der Waals surface area contributed by atoms with E-state index in [4.69, 9.17) is 5.73 Å². The van der Waals surface area contributed by atoms with E-state index in [-0.39, 0.29) is 17.5 Å². The SMILES string of the molecule is C=CC(=O)N1CCC(N(C)c2c(F)cc(C(N)=O)c3[nH]c(C)c(C)c23)C1. The summed E-state index contributed by atoms with van der Waals surface area (Å²) >= 11 is 0. The number of amides is 2. The molecule has 3 N–H and O–H groups in total. The molecular weight excluding hydrogens is 335 g/mol. The zero-order chi connectivity index (χ0) is 19.2. The predicted molar refractivity (Wildman–Crippen MR) is 99.8 cm³/mol. The van der Waals surface area contributed by atoms with Gasteiger partial charge in [0.05, 0.1) is 16.8 Å². The van der Waals surface area contributed by atoms with Crippen LogP contribution in [0.1, 0.15) is 28.0 Å². The second-order valence-electron chi connectivity index (χ2n) is 6.79. The number of primary amides is 1. The van der Waals surface area contributed by atoms with Gasteiger partial charge in [-0.1, -0.05) is 6.58 Å². The number of anilines is 1. The molecular formula is C19H23FN4O2. The minimum absolute atomic E-state index is 0.0226. The fraction of sp³-hybridized carbons (Fsp3) is 0.368. The number of carbonyl (C=O) groups excluding carboxylic acids is 2. The van der Waals surface area contributed by atoms with E-state index in [2.05, 4.69) is 11.6 Å². The van der Waals surface area contributed by atoms with Gasteiger partial charge in [0.25, 0.3) is 5.91 Å². The van der Waals surface area contributed by atoms with Crippen molar-refractivity contribution in [2.24, 2.45) is 5.73 Å². The molecule has 26 heavy (non-hydrogen) atoms. The van der Waals surface area contributed by atoms with Crippen molar-refractivity contribution in [2.75, 3.05) is 25.0 Å². The quantitative estimate of drug-likeness (QED) is 0.823. The topological polar surface area (TPSA) is 82.4 Å². The Morgan fingerprint density at radius 3 is 2.77 bits per heavy atom. The van der Waals surface area contributed by atoms with E-state index in [9.17, 15) is 14.0 Å². The number of hydrogen-bond donors (Lipinski definition) is 2. The first-order valence-electron chi connectivity index (χ1n) is 8.51. The highest BCUT2D eigenvalue weighted by molar-refractivity contribution is 6.10. The number of nitrogens with two attached hydrogens (primary N) is 1. The molecule has 1 atom stereocenters. The fourth-order valence-corrected chi connectivity index (χ4v) is 3.71. The first kappa shape index (κ1) is 18.0. The van der Waals surface area contributed by atoms with Gasteiger partial charge in [-0.05, 0) is 38.0 Å². The number of carbonyl (C=O) groups is 2. The van der Waals surface area contributed by atoms with Gasteiger partial charge in [-0.3, -0.25) is 9.59 Å². The lowest BCUT2D eigenvalue weighted by molar-refractivity contribution is -0.125. The van der Waals surface area contributed by atoms with Crippen molar-refractivity contribution in [1.29, 1.82) is 0 Å². The fourth-order valence-electron chi connectivity index (χ4n) is 3.71. The lowest BCUT2D eigenvalue weighted by Gasteiger charge is -2.28. The molecule has 0 saturated carbocycles. The molecule has 1 fully saturated rings. The number of fused-ring (bicyclic) bond motifs is 1. The van der Waals surface area contributed by atoms with Gasteiger partial charge in [0.2, 0.25) is 5.91 Å². The standard InChI is InChI=1S/C19H23FN4O2/c1-5-15(25)24-7-6-12(9-24)23(4)18-14(20)8-13(19(21)26)17-16(18)10(2)11(3)22-17/h5,8,12,22H,1,6-7,9H2,2-4H3,(H2,21,26). The number of likely N-dealkylation sites (N-methyl/N-ethyl adjacent to an activating group) is 1. The van der Waals surface area contributed by atoms with E-state index >= 15 is 0 Å². The summed E-state index contributed by atoms with van der Waals surface area (Å²) in [7, 11) is 1.82. The number of nitrogens with one attached hydrogen (secondary N) is 1. The summed E-state index contributed by atoms with van der Waals surface area (Å²) in [4.78, 5) is 30.3. The maximum Gasteiger partial charge on any atom is 0.250 e. The molecule has 1 saturated heterocycles. The highest BCUT2D eigenvalue weighted by Crippen LogP contribution is 2.37. The molecule has 1 aliphatic rings. The Labute approximate surface area is 151 Å². The second-order valence-corrected chi connectivity index (χ2v) is 6.79. The smallest absolute Gasteiger partial charge is 0.250 e. The number of halogens is 1. The summed E-state index contributed by atoms with van der Waals surface area (Å²) in [5.41, 5.74) is 8.27. The van der Waals surface area contributed by atoms with Gasteiger partial charge in [0, 0.05) is 37.3 Å². The summed E-state index contributed by atoms with van der Waals surface area (Å²) in [6, 6.07) is 1.17. The van der Waals surface area contributed by atoms with Crippen LogP contribution in [0.5, 0.6) is 0 Å². The summed E-state index contributed by atoms with van der Waals surface area (Å²) in [5, 5.41) is 0.660. The molecule has 0 radical (unpaired) electrons. The maximum atomic E-state index is 15.0. The molecule has 138 valence electrons. The van der Waals surface area contributed by atoms with Crippen LogP contribution < -0.4 is 10.6 Å². The lowest BCUT2D eigenvalue weighted by atomic mass is 10.0. The number of aromatic nitrogens is 1. The van der Waals surface area contributed by atoms with Gasteiger partial charge in [0.1, 0.15) is 5.82 Å². The molecule has 1 aromatic carbocycles. The molecule has 6 nitrogen and oxygen atoms in total. The lowest BCUT2D eigenvalue weighted by Crippen LogP contribution is -2.36. The van der Waals surface area contributed by atoms with Crippen LogP contribution in [0.4, 0.5) is 10.1 Å². The summed E-state index contributed by atoms with van der Waals surface area (Å²) in [6.45, 7) is 8.39. The van der Waals surface area contributed by atoms with Crippen LogP contribution in [0.15, 0.2) is 18.7 Å². The first-order valence-corrected chi connectivity index (χ1v) is 8.51. The molecule has 7 heteroatoms. The average molecular weight is 358 g/mol. The summed E-state index contributed by atoms with van der Waals surface area (Å²) < 4.78 is 15.0. The Bertz CT molecular complexity index is 918. The number of rotatable bonds is 4. The van der Waals surface area contributed by atoms with E-state index < -0.39 is 11.7 Å². The van der Waals surface area contributed by atoms with E-state index in [0.29, 0.717) is 29.7 Å². The summed E-state index contributed by atoms with van der Waals surface area (Å²) in [5.74, 6) is -1.29. The van der Waals surface area contributed by atoms with Crippen molar-refractivity contribution >= 4 is 28.4 Å². The average Bonchev–Trinajstić information content (AvgIpc) is 3.20. The number of aromatic amines is 1. The highest BCUT2D eigenvalue weighted by Gasteiger charge is 2.31. The normalized spacial score (nSPS) is 16.9. The van der Waals surface area contributed by atoms with Crippen molar-refractivity contribution in [1.82, 2.24) is 9.88 Å². The van der Waals surface area contributed by atoms with Gasteiger partial charge in [-0.25, -0.2) is 4.39 Å². The number of H-pyrrole nitrogens is 1. The highest BCUT2D eigenvalue weighted by atomic mass is 19.1.